The Labute approximate surface area is 42.7 Å². The van der Waals surface area contributed by atoms with Gasteiger partial charge < -0.3 is 18.6 Å². The Bertz CT molecular complexity index is 20.9. The Kier molecular flexibility index (Phi) is 15.9. The normalized spacial score (nSPS) is 5.00. The molecule has 0 aromatic heterocycles. The predicted octanol–water partition coefficient (Wildman–Crippen LogP) is 0.396. The van der Waals surface area contributed by atoms with Crippen LogP contribution in [0.4, 0.5) is 0 Å². The second-order valence-electron chi connectivity index (χ2n) is 0.406. The van der Waals surface area contributed by atoms with Crippen LogP contribution >= 0.6 is 0 Å². The first-order chi connectivity index (χ1) is 1.91. The summed E-state index contributed by atoms with van der Waals surface area (Å²) in [6.07, 6.45) is 0. The van der Waals surface area contributed by atoms with Gasteiger partial charge in [-0.25, -0.2) is 0 Å². The molecule has 1 radical (unpaired) electrons. The number of hydrogen-bond acceptors (Lipinski definition) is 1. The molecule has 1 nitrogen and oxygen atoms in total. The molecule has 0 aliphatic heterocycles. The molecule has 31 valence electrons. The number of rotatable bonds is 1. The van der Waals surface area contributed by atoms with Crippen LogP contribution in [0.2, 0.25) is 0 Å². The van der Waals surface area contributed by atoms with E-state index in [-0.39, 0.29) is 16.8 Å². The van der Waals surface area contributed by atoms with Crippen LogP contribution in [0.15, 0.2) is 4.99 Å². The van der Waals surface area contributed by atoms with E-state index in [1.807, 2.05) is 0 Å². The third-order valence-corrected chi connectivity index (χ3v) is 0.129. The minimum atomic E-state index is 0. The van der Waals surface area contributed by atoms with E-state index < -0.39 is 0 Å². The molecule has 0 N–H and O–H groups in total. The van der Waals surface area contributed by atoms with Gasteiger partial charge in [0.2, 0.25) is 0 Å². The zero-order chi connectivity index (χ0) is 3.41. The quantitative estimate of drug-likeness (QED) is 0.345. The fourth-order valence-electron chi connectivity index (χ4n) is 0. The van der Waals surface area contributed by atoms with Crippen LogP contribution in [0, 0.1) is 6.92 Å². The van der Waals surface area contributed by atoms with Crippen molar-refractivity contribution in [2.45, 2.75) is 0 Å². The Balaban J connectivity index is 0. The molecule has 0 unspecified atom stereocenters. The van der Waals surface area contributed by atoms with Crippen molar-refractivity contribution in [3.63, 3.8) is 0 Å². The van der Waals surface area contributed by atoms with E-state index in [2.05, 4.69) is 18.6 Å². The van der Waals surface area contributed by atoms with Crippen LogP contribution in [0.3, 0.4) is 0 Å². The SMILES string of the molecule is [CH-]=NC[CH2-].[Co+2]. The summed E-state index contributed by atoms with van der Waals surface area (Å²) in [5.41, 5.74) is 0. The molecule has 0 aromatic rings. The van der Waals surface area contributed by atoms with Crippen LogP contribution in [0.1, 0.15) is 0 Å². The fraction of sp³-hybridized carbons (Fsp3) is 0.333. The first-order valence-corrected chi connectivity index (χ1v) is 1.07. The van der Waals surface area contributed by atoms with Crippen molar-refractivity contribution in [2.75, 3.05) is 6.54 Å². The van der Waals surface area contributed by atoms with E-state index in [0.29, 0.717) is 6.54 Å². The van der Waals surface area contributed by atoms with E-state index in [1.165, 1.54) is 0 Å². The monoisotopic (exact) mass is 114 g/mol. The number of nitrogens with zero attached hydrogens (tertiary/aromatic N) is 1. The zero-order valence-electron chi connectivity index (χ0n) is 2.77. The Hall–Kier alpha value is 0.176. The van der Waals surface area contributed by atoms with Gasteiger partial charge in [-0.1, -0.05) is 0 Å². The van der Waals surface area contributed by atoms with Crippen molar-refractivity contribution in [2.24, 2.45) is 4.99 Å². The van der Waals surface area contributed by atoms with E-state index in [4.69, 9.17) is 0 Å². The van der Waals surface area contributed by atoms with E-state index in [1.54, 1.807) is 0 Å². The van der Waals surface area contributed by atoms with Gasteiger partial charge in [-0.05, 0) is 0 Å². The molecular weight excluding hydrogens is 109 g/mol. The topological polar surface area (TPSA) is 12.4 Å². The van der Waals surface area contributed by atoms with E-state index in [0.717, 1.165) is 0 Å². The molecule has 0 rings (SSSR count). The van der Waals surface area contributed by atoms with Gasteiger partial charge in [-0.2, -0.15) is 0 Å². The van der Waals surface area contributed by atoms with Gasteiger partial charge in [-0.15, -0.1) is 6.54 Å². The summed E-state index contributed by atoms with van der Waals surface area (Å²) >= 11 is 0. The maximum Gasteiger partial charge on any atom is 2.00 e. The summed E-state index contributed by atoms with van der Waals surface area (Å²) in [6.45, 7) is 8.38. The third kappa shape index (κ3) is 14.3. The third-order valence-electron chi connectivity index (χ3n) is 0.129. The molecule has 2 heteroatoms. The van der Waals surface area contributed by atoms with Crippen LogP contribution in [-0.4, -0.2) is 13.3 Å². The molecule has 5 heavy (non-hydrogen) atoms. The van der Waals surface area contributed by atoms with Gasteiger partial charge in [0.1, 0.15) is 0 Å². The van der Waals surface area contributed by atoms with E-state index in [9.17, 15) is 0 Å². The summed E-state index contributed by atoms with van der Waals surface area (Å²) in [5, 5.41) is 0. The van der Waals surface area contributed by atoms with Crippen LogP contribution in [0.25, 0.3) is 0 Å². The maximum atomic E-state index is 4.59. The first-order valence-electron chi connectivity index (χ1n) is 1.07. The van der Waals surface area contributed by atoms with Crippen molar-refractivity contribution < 1.29 is 16.8 Å². The molecule has 0 fully saturated rings. The maximum absolute atomic E-state index is 4.59. The molecule has 0 saturated heterocycles. The van der Waals surface area contributed by atoms with Gasteiger partial charge >= 0.3 is 16.8 Å². The second-order valence-corrected chi connectivity index (χ2v) is 0.406. The van der Waals surface area contributed by atoms with Crippen molar-refractivity contribution >= 4 is 6.72 Å². The first kappa shape index (κ1) is 8.95. The average Bonchev–Trinajstić information content (AvgIpc) is 1.37. The van der Waals surface area contributed by atoms with Crippen LogP contribution in [0.5, 0.6) is 0 Å². The van der Waals surface area contributed by atoms with Crippen molar-refractivity contribution in [3.8, 4) is 0 Å². The molecule has 0 aliphatic carbocycles. The van der Waals surface area contributed by atoms with Crippen LogP contribution < -0.4 is 0 Å². The van der Waals surface area contributed by atoms with Gasteiger partial charge in [0, 0.05) is 0 Å². The second kappa shape index (κ2) is 8.90. The van der Waals surface area contributed by atoms with Gasteiger partial charge in [-0.3, -0.25) is 0 Å². The molecule has 0 atom stereocenters. The summed E-state index contributed by atoms with van der Waals surface area (Å²) in [6, 6.07) is 0. The molecule has 0 saturated carbocycles. The largest absolute Gasteiger partial charge is 2.00 e. The number of hydrogen-bond donors (Lipinski definition) is 0. The summed E-state index contributed by atoms with van der Waals surface area (Å²) in [5.74, 6) is 0. The molecule has 0 aliphatic rings. The molecule has 0 heterocycles. The predicted molar refractivity (Wildman–Crippen MR) is 18.7 cm³/mol. The summed E-state index contributed by atoms with van der Waals surface area (Å²) in [4.78, 5) is 3.12. The Morgan fingerprint density at radius 3 is 2.00 bits per heavy atom. The Morgan fingerprint density at radius 1 is 1.80 bits per heavy atom. The van der Waals surface area contributed by atoms with Crippen molar-refractivity contribution in [1.82, 2.24) is 0 Å². The molecule has 0 amide bonds. The molecule has 0 aromatic carbocycles. The standard InChI is InChI=1S/C3H5N.Co/c1-3-4-2;/h2H,1,3H2;/q-2;+2. The van der Waals surface area contributed by atoms with Gasteiger partial charge in [0.25, 0.3) is 0 Å². The summed E-state index contributed by atoms with van der Waals surface area (Å²) in [7, 11) is 0. The minimum Gasteiger partial charge on any atom is -0.536 e. The molecular formula is C3H5CoN. The molecule has 0 spiro atoms. The van der Waals surface area contributed by atoms with Crippen molar-refractivity contribution in [3.05, 3.63) is 6.92 Å². The minimum absolute atomic E-state index is 0. The van der Waals surface area contributed by atoms with Crippen LogP contribution in [-0.2, 0) is 16.8 Å². The Morgan fingerprint density at radius 2 is 2.00 bits per heavy atom. The number of aliphatic imine (C=N–C) groups is 1. The smallest absolute Gasteiger partial charge is 0.536 e. The fourth-order valence-corrected chi connectivity index (χ4v) is 0. The zero-order valence-corrected chi connectivity index (χ0v) is 3.81. The average molecular weight is 114 g/mol. The van der Waals surface area contributed by atoms with E-state index >= 15 is 0 Å². The van der Waals surface area contributed by atoms with Crippen molar-refractivity contribution in [1.29, 1.82) is 0 Å². The van der Waals surface area contributed by atoms with Gasteiger partial charge in [0.05, 0.1) is 0 Å². The summed E-state index contributed by atoms with van der Waals surface area (Å²) < 4.78 is 0. The molecule has 0 bridgehead atoms. The van der Waals surface area contributed by atoms with Gasteiger partial charge in [0.15, 0.2) is 0 Å².